The van der Waals surface area contributed by atoms with Gasteiger partial charge in [0.15, 0.2) is 0 Å². The van der Waals surface area contributed by atoms with Gasteiger partial charge in [0.2, 0.25) is 0 Å². The molecule has 0 radical (unpaired) electrons. The number of aliphatic carboxylic acids is 1. The second-order valence-corrected chi connectivity index (χ2v) is 6.19. The molecule has 6 heteroatoms. The van der Waals surface area contributed by atoms with Crippen LogP contribution in [0.2, 0.25) is 0 Å². The molecule has 2 saturated heterocycles. The fourth-order valence-electron chi connectivity index (χ4n) is 3.62. The summed E-state index contributed by atoms with van der Waals surface area (Å²) in [5.74, 6) is -0.964. The minimum Gasteiger partial charge on any atom is -0.480 e. The third kappa shape index (κ3) is 3.31. The molecule has 6 nitrogen and oxygen atoms in total. The summed E-state index contributed by atoms with van der Waals surface area (Å²) in [4.78, 5) is 26.1. The monoisotopic (exact) mass is 297 g/mol. The van der Waals surface area contributed by atoms with Crippen molar-refractivity contribution in [2.24, 2.45) is 0 Å². The normalized spacial score (nSPS) is 26.2. The van der Waals surface area contributed by atoms with Gasteiger partial charge >= 0.3 is 12.0 Å². The first-order valence-corrected chi connectivity index (χ1v) is 8.08. The first-order chi connectivity index (χ1) is 10.0. The molecule has 120 valence electrons. The van der Waals surface area contributed by atoms with E-state index >= 15 is 0 Å². The summed E-state index contributed by atoms with van der Waals surface area (Å²) < 4.78 is 0. The van der Waals surface area contributed by atoms with Crippen molar-refractivity contribution in [2.75, 3.05) is 13.1 Å². The maximum absolute atomic E-state index is 12.2. The molecule has 0 bridgehead atoms. The highest BCUT2D eigenvalue weighted by molar-refractivity contribution is 5.86. The number of hydrogen-bond acceptors (Lipinski definition) is 3. The minimum absolute atomic E-state index is 0.144. The van der Waals surface area contributed by atoms with Crippen molar-refractivity contribution in [2.45, 2.75) is 70.0 Å². The van der Waals surface area contributed by atoms with Gasteiger partial charge in [0.25, 0.3) is 0 Å². The molecule has 2 heterocycles. The Morgan fingerprint density at radius 1 is 1.19 bits per heavy atom. The van der Waals surface area contributed by atoms with Gasteiger partial charge in [-0.2, -0.15) is 0 Å². The molecule has 2 fully saturated rings. The Kier molecular flexibility index (Phi) is 5.08. The summed E-state index contributed by atoms with van der Waals surface area (Å²) in [6.07, 6.45) is 5.29. The van der Waals surface area contributed by atoms with E-state index in [2.05, 4.69) is 15.5 Å². The Hall–Kier alpha value is -1.30. The number of piperidine rings is 1. The van der Waals surface area contributed by atoms with Crippen LogP contribution in [0.5, 0.6) is 0 Å². The van der Waals surface area contributed by atoms with Crippen molar-refractivity contribution in [3.05, 3.63) is 0 Å². The molecule has 0 aromatic heterocycles. The number of hydrogen-bond donors (Lipinski definition) is 3. The predicted molar refractivity (Wildman–Crippen MR) is 80.2 cm³/mol. The molecule has 2 unspecified atom stereocenters. The highest BCUT2D eigenvalue weighted by atomic mass is 16.4. The number of carboxylic acid groups (broad SMARTS) is 1. The SMILES string of the molecule is CCC(CC)(NC(=O)NC1CCN2CCCCC12)C(=O)O. The lowest BCUT2D eigenvalue weighted by atomic mass is 9.93. The van der Waals surface area contributed by atoms with Crippen molar-refractivity contribution in [1.82, 2.24) is 15.5 Å². The number of carbonyl (C=O) groups excluding carboxylic acids is 1. The molecular formula is C15H27N3O3. The highest BCUT2D eigenvalue weighted by Gasteiger charge is 2.39. The number of nitrogens with one attached hydrogen (secondary N) is 2. The van der Waals surface area contributed by atoms with E-state index in [0.29, 0.717) is 18.9 Å². The maximum Gasteiger partial charge on any atom is 0.329 e. The lowest BCUT2D eigenvalue weighted by molar-refractivity contribution is -0.144. The number of rotatable bonds is 5. The number of urea groups is 1. The van der Waals surface area contributed by atoms with Crippen molar-refractivity contribution in [3.63, 3.8) is 0 Å². The number of carbonyl (C=O) groups is 2. The first-order valence-electron chi connectivity index (χ1n) is 8.08. The van der Waals surface area contributed by atoms with Crippen LogP contribution in [0.25, 0.3) is 0 Å². The standard InChI is InChI=1S/C15H27N3O3/c1-3-15(4-2,13(19)20)17-14(21)16-11-8-10-18-9-6-5-7-12(11)18/h11-12H,3-10H2,1-2H3,(H,19,20)(H2,16,17,21). The number of fused-ring (bicyclic) bond motifs is 1. The molecule has 2 aliphatic rings. The van der Waals surface area contributed by atoms with Gasteiger partial charge in [0.05, 0.1) is 0 Å². The average Bonchev–Trinajstić information content (AvgIpc) is 2.88. The van der Waals surface area contributed by atoms with Gasteiger partial charge in [0, 0.05) is 18.6 Å². The van der Waals surface area contributed by atoms with Crippen LogP contribution in [0.4, 0.5) is 4.79 Å². The second-order valence-electron chi connectivity index (χ2n) is 6.19. The lowest BCUT2D eigenvalue weighted by Crippen LogP contribution is -2.59. The van der Waals surface area contributed by atoms with Gasteiger partial charge in [-0.05, 0) is 38.6 Å². The summed E-state index contributed by atoms with van der Waals surface area (Å²) in [6.45, 7) is 5.72. The second kappa shape index (κ2) is 6.64. The molecule has 0 spiro atoms. The Bertz CT molecular complexity index is 396. The van der Waals surface area contributed by atoms with Crippen LogP contribution in [0.15, 0.2) is 0 Å². The van der Waals surface area contributed by atoms with E-state index in [4.69, 9.17) is 0 Å². The Morgan fingerprint density at radius 2 is 1.90 bits per heavy atom. The van der Waals surface area contributed by atoms with Gasteiger partial charge in [-0.1, -0.05) is 20.3 Å². The lowest BCUT2D eigenvalue weighted by Gasteiger charge is -2.33. The van der Waals surface area contributed by atoms with Crippen molar-refractivity contribution >= 4 is 12.0 Å². The first kappa shape index (κ1) is 16.1. The van der Waals surface area contributed by atoms with Crippen molar-refractivity contribution < 1.29 is 14.7 Å². The van der Waals surface area contributed by atoms with E-state index in [9.17, 15) is 14.7 Å². The van der Waals surface area contributed by atoms with Crippen LogP contribution in [0, 0.1) is 0 Å². The highest BCUT2D eigenvalue weighted by Crippen LogP contribution is 2.27. The zero-order valence-electron chi connectivity index (χ0n) is 13.0. The zero-order chi connectivity index (χ0) is 15.5. The minimum atomic E-state index is -1.16. The quantitative estimate of drug-likeness (QED) is 0.719. The fraction of sp³-hybridized carbons (Fsp3) is 0.867. The fourth-order valence-corrected chi connectivity index (χ4v) is 3.62. The van der Waals surface area contributed by atoms with E-state index < -0.39 is 11.5 Å². The topological polar surface area (TPSA) is 81.7 Å². The van der Waals surface area contributed by atoms with Crippen LogP contribution in [-0.4, -0.2) is 52.7 Å². The van der Waals surface area contributed by atoms with E-state index in [1.165, 1.54) is 12.8 Å². The van der Waals surface area contributed by atoms with Gasteiger partial charge in [-0.3, -0.25) is 4.90 Å². The average molecular weight is 297 g/mol. The molecule has 2 amide bonds. The zero-order valence-corrected chi connectivity index (χ0v) is 13.0. The number of amides is 2. The molecule has 0 aliphatic carbocycles. The van der Waals surface area contributed by atoms with E-state index in [1.54, 1.807) is 13.8 Å². The summed E-state index contributed by atoms with van der Waals surface area (Å²) in [5, 5.41) is 15.1. The van der Waals surface area contributed by atoms with Crippen LogP contribution in [0.3, 0.4) is 0 Å². The Balaban J connectivity index is 1.93. The van der Waals surface area contributed by atoms with Crippen LogP contribution in [0.1, 0.15) is 52.4 Å². The third-order valence-corrected chi connectivity index (χ3v) is 5.14. The summed E-state index contributed by atoms with van der Waals surface area (Å²) in [5.41, 5.74) is -1.16. The summed E-state index contributed by atoms with van der Waals surface area (Å²) in [6, 6.07) is 0.219. The van der Waals surface area contributed by atoms with Gasteiger partial charge in [-0.25, -0.2) is 9.59 Å². The third-order valence-electron chi connectivity index (χ3n) is 5.14. The molecule has 2 aliphatic heterocycles. The summed E-state index contributed by atoms with van der Waals surface area (Å²) in [7, 11) is 0. The predicted octanol–water partition coefficient (Wildman–Crippen LogP) is 1.56. The molecule has 21 heavy (non-hydrogen) atoms. The van der Waals surface area contributed by atoms with Crippen LogP contribution < -0.4 is 10.6 Å². The van der Waals surface area contributed by atoms with Gasteiger partial charge in [-0.15, -0.1) is 0 Å². The number of carboxylic acids is 1. The van der Waals surface area contributed by atoms with Crippen molar-refractivity contribution in [1.29, 1.82) is 0 Å². The Labute approximate surface area is 126 Å². The molecule has 2 atom stereocenters. The van der Waals surface area contributed by atoms with Gasteiger partial charge in [0.1, 0.15) is 5.54 Å². The van der Waals surface area contributed by atoms with Crippen LogP contribution in [-0.2, 0) is 4.79 Å². The molecule has 3 N–H and O–H groups in total. The van der Waals surface area contributed by atoms with E-state index in [0.717, 1.165) is 25.9 Å². The Morgan fingerprint density at radius 3 is 2.52 bits per heavy atom. The molecule has 2 rings (SSSR count). The number of nitrogens with zero attached hydrogens (tertiary/aromatic N) is 1. The molecule has 0 saturated carbocycles. The molecule has 0 aromatic carbocycles. The smallest absolute Gasteiger partial charge is 0.329 e. The molecule has 0 aromatic rings. The maximum atomic E-state index is 12.2. The van der Waals surface area contributed by atoms with E-state index in [-0.39, 0.29) is 12.1 Å². The van der Waals surface area contributed by atoms with Crippen LogP contribution >= 0.6 is 0 Å². The molecular weight excluding hydrogens is 270 g/mol. The van der Waals surface area contributed by atoms with E-state index in [1.807, 2.05) is 0 Å². The largest absolute Gasteiger partial charge is 0.480 e. The summed E-state index contributed by atoms with van der Waals surface area (Å²) >= 11 is 0. The van der Waals surface area contributed by atoms with Crippen molar-refractivity contribution in [3.8, 4) is 0 Å². The van der Waals surface area contributed by atoms with Gasteiger partial charge < -0.3 is 15.7 Å².